The molecule has 29 heavy (non-hydrogen) atoms. The number of fused-ring (bicyclic) bond motifs is 1. The molecule has 2 heterocycles. The normalized spacial score (nSPS) is 15.4. The van der Waals surface area contributed by atoms with Crippen molar-refractivity contribution < 1.29 is 0 Å². The Hall–Kier alpha value is -3.34. The molecule has 4 rings (SSSR count). The summed E-state index contributed by atoms with van der Waals surface area (Å²) >= 11 is 0. The Morgan fingerprint density at radius 2 is 1.86 bits per heavy atom. The van der Waals surface area contributed by atoms with Crippen molar-refractivity contribution in [2.45, 2.75) is 39.8 Å². The Labute approximate surface area is 172 Å². The number of hydrogen-bond donors (Lipinski definition) is 1. The second-order valence-electron chi connectivity index (χ2n) is 8.16. The summed E-state index contributed by atoms with van der Waals surface area (Å²) in [4.78, 5) is 6.64. The first-order valence-corrected chi connectivity index (χ1v) is 9.85. The van der Waals surface area contributed by atoms with Gasteiger partial charge in [0.1, 0.15) is 0 Å². The van der Waals surface area contributed by atoms with Crippen molar-refractivity contribution in [2.24, 2.45) is 5.10 Å². The predicted molar refractivity (Wildman–Crippen MR) is 121 cm³/mol. The number of allylic oxidation sites excluding steroid dienone is 1. The first kappa shape index (κ1) is 19.0. The predicted octanol–water partition coefficient (Wildman–Crippen LogP) is 4.86. The SMILES string of the molecule is CC1=CC(C)(C)N(Cc2ccccc2)c2ccc(C=Nn3cc(C)nc3N)cc21. The summed E-state index contributed by atoms with van der Waals surface area (Å²) < 4.78 is 1.60. The number of nitrogens with zero attached hydrogens (tertiary/aromatic N) is 4. The highest BCUT2D eigenvalue weighted by molar-refractivity contribution is 5.87. The molecule has 0 saturated carbocycles. The third-order valence-electron chi connectivity index (χ3n) is 5.35. The second kappa shape index (κ2) is 7.24. The van der Waals surface area contributed by atoms with Crippen LogP contribution in [0.25, 0.3) is 5.57 Å². The molecular formula is C24H27N5. The van der Waals surface area contributed by atoms with E-state index < -0.39 is 0 Å². The van der Waals surface area contributed by atoms with Crippen LogP contribution < -0.4 is 10.6 Å². The van der Waals surface area contributed by atoms with Crippen molar-refractivity contribution >= 4 is 23.4 Å². The summed E-state index contributed by atoms with van der Waals surface area (Å²) in [7, 11) is 0. The molecule has 2 aromatic carbocycles. The van der Waals surface area contributed by atoms with Gasteiger partial charge in [-0.1, -0.05) is 42.5 Å². The van der Waals surface area contributed by atoms with E-state index in [1.807, 2.05) is 19.3 Å². The Kier molecular flexibility index (Phi) is 4.74. The maximum Gasteiger partial charge on any atom is 0.221 e. The van der Waals surface area contributed by atoms with Crippen LogP contribution in [0.4, 0.5) is 11.6 Å². The van der Waals surface area contributed by atoms with Gasteiger partial charge in [-0.05, 0) is 56.5 Å². The molecule has 148 valence electrons. The van der Waals surface area contributed by atoms with Crippen molar-refractivity contribution in [3.63, 3.8) is 0 Å². The molecule has 0 bridgehead atoms. The summed E-state index contributed by atoms with van der Waals surface area (Å²) in [6, 6.07) is 17.1. The number of rotatable bonds is 4. The van der Waals surface area contributed by atoms with Gasteiger partial charge in [0.2, 0.25) is 5.95 Å². The summed E-state index contributed by atoms with van der Waals surface area (Å²) in [6.07, 6.45) is 5.99. The molecule has 0 fully saturated rings. The number of nitrogen functional groups attached to an aromatic ring is 1. The summed E-state index contributed by atoms with van der Waals surface area (Å²) in [5, 5.41) is 4.46. The zero-order valence-electron chi connectivity index (χ0n) is 17.4. The minimum absolute atomic E-state index is 0.0642. The van der Waals surface area contributed by atoms with Gasteiger partial charge in [0.25, 0.3) is 0 Å². The Bertz CT molecular complexity index is 1090. The van der Waals surface area contributed by atoms with Crippen molar-refractivity contribution in [3.05, 3.63) is 83.2 Å². The average molecular weight is 386 g/mol. The van der Waals surface area contributed by atoms with E-state index in [1.165, 1.54) is 22.4 Å². The lowest BCUT2D eigenvalue weighted by molar-refractivity contribution is 0.552. The highest BCUT2D eigenvalue weighted by Gasteiger charge is 2.31. The van der Waals surface area contributed by atoms with Gasteiger partial charge in [0.05, 0.1) is 23.6 Å². The zero-order valence-corrected chi connectivity index (χ0v) is 17.4. The second-order valence-corrected chi connectivity index (χ2v) is 8.16. The molecule has 1 aromatic heterocycles. The standard InChI is InChI=1S/C24H27N5/c1-17-13-24(3,4)28(16-19-8-6-5-7-9-19)22-11-10-20(12-21(17)22)14-26-29-15-18(2)27-23(29)25/h5-15H,16H2,1-4H3,(H2,25,27). The van der Waals surface area contributed by atoms with Gasteiger partial charge >= 0.3 is 0 Å². The molecule has 5 nitrogen and oxygen atoms in total. The number of aromatic nitrogens is 2. The number of anilines is 2. The van der Waals surface area contributed by atoms with Gasteiger partial charge in [0, 0.05) is 17.8 Å². The van der Waals surface area contributed by atoms with Crippen LogP contribution in [0.1, 0.15) is 43.2 Å². The topological polar surface area (TPSA) is 59.4 Å². The molecule has 2 N–H and O–H groups in total. The van der Waals surface area contributed by atoms with Crippen molar-refractivity contribution in [1.29, 1.82) is 0 Å². The van der Waals surface area contributed by atoms with Crippen LogP contribution in [-0.2, 0) is 6.54 Å². The minimum atomic E-state index is -0.0642. The summed E-state index contributed by atoms with van der Waals surface area (Å²) in [5.74, 6) is 0.392. The van der Waals surface area contributed by atoms with Crippen LogP contribution in [0, 0.1) is 6.92 Å². The number of benzene rings is 2. The first-order valence-electron chi connectivity index (χ1n) is 9.85. The van der Waals surface area contributed by atoms with Crippen LogP contribution in [0.3, 0.4) is 0 Å². The van der Waals surface area contributed by atoms with Crippen molar-refractivity contribution in [1.82, 2.24) is 9.66 Å². The molecule has 1 aliphatic rings. The van der Waals surface area contributed by atoms with Crippen molar-refractivity contribution in [2.75, 3.05) is 10.6 Å². The van der Waals surface area contributed by atoms with E-state index in [-0.39, 0.29) is 5.54 Å². The lowest BCUT2D eigenvalue weighted by Gasteiger charge is -2.43. The third-order valence-corrected chi connectivity index (χ3v) is 5.35. The van der Waals surface area contributed by atoms with Gasteiger partial charge in [-0.25, -0.2) is 9.66 Å². The van der Waals surface area contributed by atoms with E-state index in [1.54, 1.807) is 4.68 Å². The van der Waals surface area contributed by atoms with Crippen LogP contribution in [0.5, 0.6) is 0 Å². The van der Waals surface area contributed by atoms with Gasteiger partial charge in [0.15, 0.2) is 0 Å². The molecular weight excluding hydrogens is 358 g/mol. The Morgan fingerprint density at radius 1 is 1.10 bits per heavy atom. The largest absolute Gasteiger partial charge is 0.368 e. The highest BCUT2D eigenvalue weighted by Crippen LogP contribution is 2.40. The molecule has 0 unspecified atom stereocenters. The van der Waals surface area contributed by atoms with Gasteiger partial charge in [-0.2, -0.15) is 5.10 Å². The number of hydrogen-bond acceptors (Lipinski definition) is 4. The fourth-order valence-electron chi connectivity index (χ4n) is 3.96. The van der Waals surface area contributed by atoms with Crippen molar-refractivity contribution in [3.8, 4) is 0 Å². The van der Waals surface area contributed by atoms with Gasteiger partial charge in [-0.15, -0.1) is 0 Å². The molecule has 0 spiro atoms. The van der Waals surface area contributed by atoms with Crippen LogP contribution in [0.2, 0.25) is 0 Å². The van der Waals surface area contributed by atoms with E-state index in [0.717, 1.165) is 17.8 Å². The Morgan fingerprint density at radius 3 is 2.55 bits per heavy atom. The van der Waals surface area contributed by atoms with E-state index >= 15 is 0 Å². The van der Waals surface area contributed by atoms with E-state index in [0.29, 0.717) is 5.95 Å². The molecule has 0 saturated heterocycles. The third kappa shape index (κ3) is 3.81. The van der Waals surface area contributed by atoms with Crippen LogP contribution in [-0.4, -0.2) is 21.4 Å². The molecule has 0 amide bonds. The van der Waals surface area contributed by atoms with Crippen LogP contribution in [0.15, 0.2) is 65.9 Å². The molecule has 3 aromatic rings. The first-order chi connectivity index (χ1) is 13.8. The molecule has 1 aliphatic heterocycles. The minimum Gasteiger partial charge on any atom is -0.368 e. The Balaban J connectivity index is 1.69. The smallest absolute Gasteiger partial charge is 0.221 e. The quantitative estimate of drug-likeness (QED) is 0.653. The molecule has 0 atom stereocenters. The number of nitrogens with two attached hydrogens (primary N) is 1. The molecule has 0 radical (unpaired) electrons. The highest BCUT2D eigenvalue weighted by atomic mass is 15.4. The number of imidazole rings is 1. The van der Waals surface area contributed by atoms with Crippen LogP contribution >= 0.6 is 0 Å². The maximum absolute atomic E-state index is 5.88. The monoisotopic (exact) mass is 385 g/mol. The lowest BCUT2D eigenvalue weighted by atomic mass is 9.87. The fraction of sp³-hybridized carbons (Fsp3) is 0.250. The van der Waals surface area contributed by atoms with E-state index in [9.17, 15) is 0 Å². The average Bonchev–Trinajstić information content (AvgIpc) is 3.01. The van der Waals surface area contributed by atoms with Gasteiger partial charge in [-0.3, -0.25) is 0 Å². The maximum atomic E-state index is 5.88. The summed E-state index contributed by atoms with van der Waals surface area (Å²) in [6.45, 7) is 9.48. The summed E-state index contributed by atoms with van der Waals surface area (Å²) in [5.41, 5.74) is 12.8. The fourth-order valence-corrected chi connectivity index (χ4v) is 3.96. The number of aryl methyl sites for hydroxylation is 1. The van der Waals surface area contributed by atoms with E-state index in [4.69, 9.17) is 5.73 Å². The van der Waals surface area contributed by atoms with E-state index in [2.05, 4.69) is 90.4 Å². The zero-order chi connectivity index (χ0) is 20.6. The lowest BCUT2D eigenvalue weighted by Crippen LogP contribution is -2.44. The molecule has 5 heteroatoms. The molecule has 0 aliphatic carbocycles. The van der Waals surface area contributed by atoms with Gasteiger partial charge < -0.3 is 10.6 Å².